The van der Waals surface area contributed by atoms with Gasteiger partial charge in [0.05, 0.1) is 5.69 Å². The van der Waals surface area contributed by atoms with E-state index in [1.807, 2.05) is 16.3 Å². The largest absolute Gasteiger partial charge is 0.337 e. The molecular weight excluding hydrogens is 276 g/mol. The summed E-state index contributed by atoms with van der Waals surface area (Å²) in [4.78, 5) is 7.45. The smallest absolute Gasteiger partial charge is 0.246 e. The van der Waals surface area contributed by atoms with Gasteiger partial charge in [0.2, 0.25) is 5.89 Å². The Balaban J connectivity index is 2.10. The number of hydrogen-bond donors (Lipinski definition) is 1. The first-order valence-corrected chi connectivity index (χ1v) is 6.94. The van der Waals surface area contributed by atoms with Crippen LogP contribution in [0, 0.1) is 11.7 Å². The second-order valence-corrected chi connectivity index (χ2v) is 5.16. The van der Waals surface area contributed by atoms with Gasteiger partial charge in [-0.25, -0.2) is 0 Å². The average Bonchev–Trinajstić information content (AvgIpc) is 3.02. The molecule has 0 amide bonds. The molecule has 7 nitrogen and oxygen atoms in total. The van der Waals surface area contributed by atoms with E-state index in [0.717, 1.165) is 29.7 Å². The molecule has 20 heavy (non-hydrogen) atoms. The lowest BCUT2D eigenvalue weighted by Gasteiger charge is -2.00. The summed E-state index contributed by atoms with van der Waals surface area (Å²) in [7, 11) is 1.92. The van der Waals surface area contributed by atoms with Gasteiger partial charge in [-0.15, -0.1) is 0 Å². The molecule has 3 rings (SSSR count). The third kappa shape index (κ3) is 2.05. The number of fused-ring (bicyclic) bond motifs is 1. The van der Waals surface area contributed by atoms with Gasteiger partial charge in [0, 0.05) is 7.05 Å². The number of imidazole rings is 1. The van der Waals surface area contributed by atoms with Crippen LogP contribution in [0.5, 0.6) is 0 Å². The predicted molar refractivity (Wildman–Crippen MR) is 76.0 cm³/mol. The van der Waals surface area contributed by atoms with Crippen molar-refractivity contribution < 1.29 is 4.52 Å². The van der Waals surface area contributed by atoms with Crippen LogP contribution in [-0.2, 0) is 20.0 Å². The number of nitrogens with zero attached hydrogens (tertiary/aromatic N) is 5. The fraction of sp³-hybridized carbons (Fsp3) is 0.500. The van der Waals surface area contributed by atoms with Crippen molar-refractivity contribution >= 4 is 23.4 Å². The first kappa shape index (κ1) is 13.0. The minimum Gasteiger partial charge on any atom is -0.337 e. The summed E-state index contributed by atoms with van der Waals surface area (Å²) >= 11 is 5.39. The van der Waals surface area contributed by atoms with Gasteiger partial charge >= 0.3 is 0 Å². The number of aryl methyl sites for hydroxylation is 3. The summed E-state index contributed by atoms with van der Waals surface area (Å²) in [6.07, 6.45) is 1.97. The minimum atomic E-state index is 0.449. The van der Waals surface area contributed by atoms with Crippen molar-refractivity contribution in [2.45, 2.75) is 33.2 Å². The van der Waals surface area contributed by atoms with E-state index in [4.69, 9.17) is 16.7 Å². The topological polar surface area (TPSA) is 77.5 Å². The maximum Gasteiger partial charge on any atom is 0.246 e. The Morgan fingerprint density at radius 1 is 1.40 bits per heavy atom. The second-order valence-electron chi connectivity index (χ2n) is 4.77. The van der Waals surface area contributed by atoms with E-state index in [0.29, 0.717) is 23.0 Å². The molecule has 0 aliphatic heterocycles. The van der Waals surface area contributed by atoms with E-state index < -0.39 is 0 Å². The molecule has 3 aromatic heterocycles. The summed E-state index contributed by atoms with van der Waals surface area (Å²) < 4.78 is 9.58. The zero-order valence-corrected chi connectivity index (χ0v) is 12.5. The van der Waals surface area contributed by atoms with Gasteiger partial charge < -0.3 is 9.51 Å². The Kier molecular flexibility index (Phi) is 3.17. The second kappa shape index (κ2) is 4.86. The van der Waals surface area contributed by atoms with Gasteiger partial charge in [-0.1, -0.05) is 18.5 Å². The molecule has 0 radical (unpaired) electrons. The van der Waals surface area contributed by atoms with Gasteiger partial charge in [-0.05, 0) is 25.6 Å². The van der Waals surface area contributed by atoms with Crippen LogP contribution in [-0.4, -0.2) is 29.5 Å². The highest BCUT2D eigenvalue weighted by Crippen LogP contribution is 2.19. The highest BCUT2D eigenvalue weighted by atomic mass is 32.1. The highest BCUT2D eigenvalue weighted by Gasteiger charge is 2.16. The van der Waals surface area contributed by atoms with Crippen molar-refractivity contribution in [3.63, 3.8) is 0 Å². The van der Waals surface area contributed by atoms with Gasteiger partial charge in [-0.2, -0.15) is 10.1 Å². The normalized spacial score (nSPS) is 11.6. The SMILES string of the molecule is CCCc1nn(C)c2c1[nH]c(=S)n2Cc1nc(C)no1. The van der Waals surface area contributed by atoms with Crippen LogP contribution in [0.25, 0.3) is 11.2 Å². The van der Waals surface area contributed by atoms with Crippen molar-refractivity contribution in [3.05, 3.63) is 22.2 Å². The highest BCUT2D eigenvalue weighted by molar-refractivity contribution is 7.71. The molecule has 0 aromatic carbocycles. The zero-order valence-electron chi connectivity index (χ0n) is 11.7. The summed E-state index contributed by atoms with van der Waals surface area (Å²) in [5, 5.41) is 8.34. The van der Waals surface area contributed by atoms with Crippen molar-refractivity contribution in [1.82, 2.24) is 29.5 Å². The van der Waals surface area contributed by atoms with Crippen LogP contribution in [0.15, 0.2) is 4.52 Å². The van der Waals surface area contributed by atoms with Crippen molar-refractivity contribution in [2.24, 2.45) is 7.05 Å². The Labute approximate surface area is 120 Å². The van der Waals surface area contributed by atoms with Gasteiger partial charge in [0.1, 0.15) is 12.1 Å². The van der Waals surface area contributed by atoms with E-state index in [9.17, 15) is 0 Å². The lowest BCUT2D eigenvalue weighted by atomic mass is 10.2. The molecule has 0 fully saturated rings. The van der Waals surface area contributed by atoms with Gasteiger partial charge in [-0.3, -0.25) is 9.25 Å². The molecule has 3 heterocycles. The van der Waals surface area contributed by atoms with Gasteiger partial charge in [0.25, 0.3) is 0 Å². The van der Waals surface area contributed by atoms with E-state index >= 15 is 0 Å². The quantitative estimate of drug-likeness (QED) is 0.745. The third-order valence-corrected chi connectivity index (χ3v) is 3.49. The number of nitrogens with one attached hydrogen (secondary N) is 1. The van der Waals surface area contributed by atoms with E-state index in [1.54, 1.807) is 6.92 Å². The van der Waals surface area contributed by atoms with Crippen LogP contribution in [0.3, 0.4) is 0 Å². The zero-order chi connectivity index (χ0) is 14.3. The summed E-state index contributed by atoms with van der Waals surface area (Å²) in [6.45, 7) is 4.38. The van der Waals surface area contributed by atoms with E-state index in [1.165, 1.54) is 0 Å². The number of H-pyrrole nitrogens is 1. The number of aromatic nitrogens is 6. The fourth-order valence-corrected chi connectivity index (χ4v) is 2.63. The first-order valence-electron chi connectivity index (χ1n) is 6.53. The summed E-state index contributed by atoms with van der Waals surface area (Å²) in [5.41, 5.74) is 2.99. The molecule has 0 aliphatic carbocycles. The number of rotatable bonds is 4. The van der Waals surface area contributed by atoms with Crippen molar-refractivity contribution in [2.75, 3.05) is 0 Å². The van der Waals surface area contributed by atoms with Crippen molar-refractivity contribution in [1.29, 1.82) is 0 Å². The molecule has 3 aromatic rings. The van der Waals surface area contributed by atoms with Crippen molar-refractivity contribution in [3.8, 4) is 0 Å². The van der Waals surface area contributed by atoms with Crippen LogP contribution in [0.2, 0.25) is 0 Å². The van der Waals surface area contributed by atoms with E-state index in [2.05, 4.69) is 27.1 Å². The standard InChI is InChI=1S/C12H16N6OS/c1-4-5-8-10-11(17(3)15-8)18(12(20)14-10)6-9-13-7(2)16-19-9/h4-6H2,1-3H3,(H,14,20). The molecule has 8 heteroatoms. The van der Waals surface area contributed by atoms with Crippen LogP contribution in [0.1, 0.15) is 30.8 Å². The molecule has 1 N–H and O–H groups in total. The Hall–Kier alpha value is -1.96. The Morgan fingerprint density at radius 2 is 2.20 bits per heavy atom. The van der Waals surface area contributed by atoms with E-state index in [-0.39, 0.29) is 0 Å². The average molecular weight is 292 g/mol. The van der Waals surface area contributed by atoms with Crippen LogP contribution in [0.4, 0.5) is 0 Å². The number of hydrogen-bond acceptors (Lipinski definition) is 5. The molecule has 0 saturated heterocycles. The maximum atomic E-state index is 5.39. The number of aromatic amines is 1. The lowest BCUT2D eigenvalue weighted by molar-refractivity contribution is 0.368. The van der Waals surface area contributed by atoms with Crippen LogP contribution >= 0.6 is 12.2 Å². The molecule has 0 aliphatic rings. The molecule has 0 atom stereocenters. The van der Waals surface area contributed by atoms with Crippen LogP contribution < -0.4 is 0 Å². The molecule has 0 spiro atoms. The first-order chi connectivity index (χ1) is 9.60. The minimum absolute atomic E-state index is 0.449. The molecule has 0 unspecified atom stereocenters. The Morgan fingerprint density at radius 3 is 2.85 bits per heavy atom. The maximum absolute atomic E-state index is 5.39. The molecule has 106 valence electrons. The fourth-order valence-electron chi connectivity index (χ4n) is 2.38. The van der Waals surface area contributed by atoms with Gasteiger partial charge in [0.15, 0.2) is 16.2 Å². The predicted octanol–water partition coefficient (Wildman–Crippen LogP) is 2.12. The third-order valence-electron chi connectivity index (χ3n) is 3.17. The lowest BCUT2D eigenvalue weighted by Crippen LogP contribution is -2.04. The summed E-state index contributed by atoms with van der Waals surface area (Å²) in [6, 6.07) is 0. The molecule has 0 bridgehead atoms. The Bertz CT molecular complexity index is 808. The summed E-state index contributed by atoms with van der Waals surface area (Å²) in [5.74, 6) is 1.16. The monoisotopic (exact) mass is 292 g/mol. The molecular formula is C12H16N6OS. The molecule has 0 saturated carbocycles.